The summed E-state index contributed by atoms with van der Waals surface area (Å²) in [6, 6.07) is 13.4. The molecular weight excluding hydrogens is 292 g/mol. The lowest BCUT2D eigenvalue weighted by molar-refractivity contribution is 0.355. The van der Waals surface area contributed by atoms with E-state index in [4.69, 9.17) is 9.47 Å². The van der Waals surface area contributed by atoms with Crippen LogP contribution in [0.2, 0.25) is 0 Å². The molecule has 0 aliphatic carbocycles. The predicted molar refractivity (Wildman–Crippen MR) is 90.2 cm³/mol. The van der Waals surface area contributed by atoms with Crippen LogP contribution in [0, 0.1) is 0 Å². The predicted octanol–water partition coefficient (Wildman–Crippen LogP) is 3.10. The van der Waals surface area contributed by atoms with Crippen LogP contribution in [0.5, 0.6) is 11.5 Å². The topological polar surface area (TPSA) is 53.4 Å². The molecule has 0 saturated carbocycles. The summed E-state index contributed by atoms with van der Waals surface area (Å²) in [5.74, 6) is 1.20. The van der Waals surface area contributed by atoms with Gasteiger partial charge in [-0.3, -0.25) is 4.57 Å². The summed E-state index contributed by atoms with van der Waals surface area (Å²) in [7, 11) is 3.17. The van der Waals surface area contributed by atoms with E-state index in [9.17, 15) is 4.79 Å². The Labute approximate surface area is 134 Å². The Morgan fingerprint density at radius 3 is 2.30 bits per heavy atom. The van der Waals surface area contributed by atoms with E-state index in [1.807, 2.05) is 49.4 Å². The number of hydrogen-bond donors (Lipinski definition) is 0. The first-order valence-corrected chi connectivity index (χ1v) is 7.41. The van der Waals surface area contributed by atoms with Gasteiger partial charge in [0.1, 0.15) is 0 Å². The van der Waals surface area contributed by atoms with E-state index < -0.39 is 0 Å². The van der Waals surface area contributed by atoms with E-state index in [1.54, 1.807) is 18.8 Å². The molecule has 5 heteroatoms. The molecule has 5 nitrogen and oxygen atoms in total. The lowest BCUT2D eigenvalue weighted by atomic mass is 10.1. The number of rotatable bonds is 4. The van der Waals surface area contributed by atoms with Gasteiger partial charge in [0.2, 0.25) is 0 Å². The molecule has 0 aliphatic heterocycles. The van der Waals surface area contributed by atoms with Crippen molar-refractivity contribution in [3.05, 3.63) is 52.9 Å². The molecule has 3 aromatic rings. The van der Waals surface area contributed by atoms with Crippen LogP contribution in [0.15, 0.2) is 47.3 Å². The van der Waals surface area contributed by atoms with Crippen molar-refractivity contribution in [2.24, 2.45) is 0 Å². The van der Waals surface area contributed by atoms with Crippen molar-refractivity contribution in [3.63, 3.8) is 0 Å². The van der Waals surface area contributed by atoms with Crippen molar-refractivity contribution in [1.29, 1.82) is 0 Å². The summed E-state index contributed by atoms with van der Waals surface area (Å²) >= 11 is 0. The maximum atomic E-state index is 12.4. The highest BCUT2D eigenvalue weighted by atomic mass is 16.5. The minimum Gasteiger partial charge on any atom is -0.493 e. The molecule has 23 heavy (non-hydrogen) atoms. The first-order chi connectivity index (χ1) is 11.2. The zero-order chi connectivity index (χ0) is 16.4. The average molecular weight is 310 g/mol. The van der Waals surface area contributed by atoms with E-state index >= 15 is 0 Å². The van der Waals surface area contributed by atoms with E-state index in [-0.39, 0.29) is 5.69 Å². The van der Waals surface area contributed by atoms with E-state index in [0.29, 0.717) is 23.7 Å². The average Bonchev–Trinajstić information content (AvgIpc) is 2.60. The van der Waals surface area contributed by atoms with E-state index in [2.05, 4.69) is 4.98 Å². The molecule has 0 atom stereocenters. The van der Waals surface area contributed by atoms with Gasteiger partial charge in [-0.15, -0.1) is 0 Å². The molecule has 0 saturated heterocycles. The number of aromatic nitrogens is 2. The lowest BCUT2D eigenvalue weighted by Gasteiger charge is -2.15. The fourth-order valence-electron chi connectivity index (χ4n) is 2.72. The number of aryl methyl sites for hydroxylation is 1. The fourth-order valence-corrected chi connectivity index (χ4v) is 2.72. The Kier molecular flexibility index (Phi) is 4.02. The van der Waals surface area contributed by atoms with Gasteiger partial charge in [-0.25, -0.2) is 4.79 Å². The molecule has 0 unspecified atom stereocenters. The summed E-state index contributed by atoms with van der Waals surface area (Å²) in [5, 5.41) is 0.857. The zero-order valence-electron chi connectivity index (χ0n) is 13.4. The first-order valence-electron chi connectivity index (χ1n) is 7.41. The molecule has 0 N–H and O–H groups in total. The molecule has 0 spiro atoms. The number of methoxy groups -OCH3 is 2. The van der Waals surface area contributed by atoms with Gasteiger partial charge in [0.25, 0.3) is 0 Å². The molecule has 1 aromatic heterocycles. The van der Waals surface area contributed by atoms with E-state index in [1.165, 1.54) is 0 Å². The van der Waals surface area contributed by atoms with Crippen LogP contribution in [-0.2, 0) is 6.54 Å². The van der Waals surface area contributed by atoms with Gasteiger partial charge in [0.15, 0.2) is 11.5 Å². The number of benzene rings is 2. The fraction of sp³-hybridized carbons (Fsp3) is 0.222. The highest BCUT2D eigenvalue weighted by molar-refractivity contribution is 5.94. The molecule has 0 fully saturated rings. The summed E-state index contributed by atoms with van der Waals surface area (Å²) in [6.45, 7) is 2.45. The molecule has 0 aliphatic rings. The molecule has 0 amide bonds. The second-order valence-corrected chi connectivity index (χ2v) is 5.08. The molecule has 0 bridgehead atoms. The lowest BCUT2D eigenvalue weighted by Crippen LogP contribution is -2.23. The second-order valence-electron chi connectivity index (χ2n) is 5.08. The SMILES string of the molecule is CCn1c(=O)nc(-c2ccccc2)c2cc(OC)c(OC)cc21. The molecule has 0 radical (unpaired) electrons. The minimum absolute atomic E-state index is 0.272. The number of nitrogens with zero attached hydrogens (tertiary/aromatic N) is 2. The molecule has 1 heterocycles. The van der Waals surface area contributed by atoms with Gasteiger partial charge in [-0.2, -0.15) is 4.98 Å². The Bertz CT molecular complexity index is 902. The van der Waals surface area contributed by atoms with E-state index in [0.717, 1.165) is 16.5 Å². The Morgan fingerprint density at radius 1 is 1.04 bits per heavy atom. The summed E-state index contributed by atoms with van der Waals surface area (Å²) in [4.78, 5) is 16.7. The third-order valence-electron chi connectivity index (χ3n) is 3.85. The third kappa shape index (κ3) is 2.54. The van der Waals surface area contributed by atoms with Gasteiger partial charge in [0.05, 0.1) is 25.4 Å². The normalized spacial score (nSPS) is 10.7. The number of hydrogen-bond acceptors (Lipinski definition) is 4. The quantitative estimate of drug-likeness (QED) is 0.743. The number of fused-ring (bicyclic) bond motifs is 1. The van der Waals surface area contributed by atoms with Gasteiger partial charge >= 0.3 is 5.69 Å². The monoisotopic (exact) mass is 310 g/mol. The molecular formula is C18H18N2O3. The maximum Gasteiger partial charge on any atom is 0.348 e. The van der Waals surface area contributed by atoms with Crippen LogP contribution in [0.3, 0.4) is 0 Å². The summed E-state index contributed by atoms with van der Waals surface area (Å²) in [6.07, 6.45) is 0. The van der Waals surface area contributed by atoms with Crippen LogP contribution >= 0.6 is 0 Å². The Morgan fingerprint density at radius 2 is 1.70 bits per heavy atom. The van der Waals surface area contributed by atoms with Crippen LogP contribution in [0.4, 0.5) is 0 Å². The van der Waals surface area contributed by atoms with Crippen LogP contribution in [-0.4, -0.2) is 23.8 Å². The van der Waals surface area contributed by atoms with Crippen molar-refractivity contribution in [2.75, 3.05) is 14.2 Å². The van der Waals surface area contributed by atoms with Crippen LogP contribution < -0.4 is 15.2 Å². The molecule has 2 aromatic carbocycles. The highest BCUT2D eigenvalue weighted by Gasteiger charge is 2.15. The van der Waals surface area contributed by atoms with Crippen molar-refractivity contribution < 1.29 is 9.47 Å². The van der Waals surface area contributed by atoms with Crippen LogP contribution in [0.1, 0.15) is 6.92 Å². The Hall–Kier alpha value is -2.82. The minimum atomic E-state index is -0.272. The Balaban J connectivity index is 2.44. The smallest absolute Gasteiger partial charge is 0.348 e. The standard InChI is InChI=1S/C18H18N2O3/c1-4-20-14-11-16(23-3)15(22-2)10-13(14)17(19-18(20)21)12-8-6-5-7-9-12/h5-11H,4H2,1-3H3. The maximum absolute atomic E-state index is 12.4. The van der Waals surface area contributed by atoms with Gasteiger partial charge in [0, 0.05) is 23.6 Å². The number of ether oxygens (including phenoxy) is 2. The van der Waals surface area contributed by atoms with Crippen LogP contribution in [0.25, 0.3) is 22.2 Å². The zero-order valence-corrected chi connectivity index (χ0v) is 13.4. The van der Waals surface area contributed by atoms with Crippen molar-refractivity contribution in [2.45, 2.75) is 13.5 Å². The summed E-state index contributed by atoms with van der Waals surface area (Å²) in [5.41, 5.74) is 2.05. The van der Waals surface area contributed by atoms with Crippen molar-refractivity contribution >= 4 is 10.9 Å². The van der Waals surface area contributed by atoms with Gasteiger partial charge in [-0.05, 0) is 13.0 Å². The molecule has 118 valence electrons. The molecule has 3 rings (SSSR count). The van der Waals surface area contributed by atoms with Crippen molar-refractivity contribution in [1.82, 2.24) is 9.55 Å². The third-order valence-corrected chi connectivity index (χ3v) is 3.85. The second kappa shape index (κ2) is 6.12. The highest BCUT2D eigenvalue weighted by Crippen LogP contribution is 2.35. The van der Waals surface area contributed by atoms with Crippen molar-refractivity contribution in [3.8, 4) is 22.8 Å². The largest absolute Gasteiger partial charge is 0.493 e. The van der Waals surface area contributed by atoms with Gasteiger partial charge in [-0.1, -0.05) is 30.3 Å². The summed E-state index contributed by atoms with van der Waals surface area (Å²) < 4.78 is 12.4. The van der Waals surface area contributed by atoms with Gasteiger partial charge < -0.3 is 9.47 Å². The first kappa shape index (κ1) is 15.1.